The van der Waals surface area contributed by atoms with Gasteiger partial charge < -0.3 is 5.32 Å². The van der Waals surface area contributed by atoms with Gasteiger partial charge in [-0.2, -0.15) is 0 Å². The number of hydrogen-bond acceptors (Lipinski definition) is 1. The van der Waals surface area contributed by atoms with Crippen LogP contribution in [0, 0.1) is 18.6 Å². The van der Waals surface area contributed by atoms with Crippen molar-refractivity contribution in [1.82, 2.24) is 5.32 Å². The lowest BCUT2D eigenvalue weighted by Crippen LogP contribution is -2.23. The van der Waals surface area contributed by atoms with E-state index in [4.69, 9.17) is 0 Å². The Kier molecular flexibility index (Phi) is 4.89. The summed E-state index contributed by atoms with van der Waals surface area (Å²) in [7, 11) is 0. The molecule has 106 valence electrons. The van der Waals surface area contributed by atoms with E-state index in [0.29, 0.717) is 4.47 Å². The zero-order valence-electron chi connectivity index (χ0n) is 11.4. The van der Waals surface area contributed by atoms with Gasteiger partial charge in [0.15, 0.2) is 0 Å². The third-order valence-electron chi connectivity index (χ3n) is 3.23. The monoisotopic (exact) mass is 339 g/mol. The van der Waals surface area contributed by atoms with Crippen molar-refractivity contribution in [2.75, 3.05) is 6.54 Å². The SMILES string of the molecule is CCNC(c1cc(F)ccc1C)c1ccc(F)cc1Br. The van der Waals surface area contributed by atoms with Crippen molar-refractivity contribution in [3.63, 3.8) is 0 Å². The Balaban J connectivity index is 2.53. The second-order valence-electron chi connectivity index (χ2n) is 4.66. The van der Waals surface area contributed by atoms with Crippen molar-refractivity contribution in [1.29, 1.82) is 0 Å². The summed E-state index contributed by atoms with van der Waals surface area (Å²) in [4.78, 5) is 0. The van der Waals surface area contributed by atoms with E-state index < -0.39 is 0 Å². The zero-order valence-corrected chi connectivity index (χ0v) is 13.0. The van der Waals surface area contributed by atoms with Gasteiger partial charge in [-0.1, -0.05) is 35.0 Å². The second kappa shape index (κ2) is 6.46. The van der Waals surface area contributed by atoms with Crippen LogP contribution in [0.1, 0.15) is 29.7 Å². The van der Waals surface area contributed by atoms with Crippen molar-refractivity contribution in [2.24, 2.45) is 0 Å². The lowest BCUT2D eigenvalue weighted by molar-refractivity contribution is 0.595. The maximum atomic E-state index is 13.5. The van der Waals surface area contributed by atoms with E-state index >= 15 is 0 Å². The molecule has 0 aliphatic rings. The Morgan fingerprint density at radius 1 is 1.05 bits per heavy atom. The molecule has 20 heavy (non-hydrogen) atoms. The fraction of sp³-hybridized carbons (Fsp3) is 0.250. The average molecular weight is 340 g/mol. The highest BCUT2D eigenvalue weighted by Gasteiger charge is 2.18. The maximum absolute atomic E-state index is 13.5. The van der Waals surface area contributed by atoms with Crippen LogP contribution in [0.5, 0.6) is 0 Å². The van der Waals surface area contributed by atoms with E-state index in [1.165, 1.54) is 24.3 Å². The van der Waals surface area contributed by atoms with Gasteiger partial charge in [-0.15, -0.1) is 0 Å². The molecule has 0 saturated carbocycles. The molecule has 0 amide bonds. The quantitative estimate of drug-likeness (QED) is 0.848. The molecule has 2 aromatic carbocycles. The molecule has 0 aliphatic carbocycles. The van der Waals surface area contributed by atoms with Crippen molar-refractivity contribution in [2.45, 2.75) is 19.9 Å². The highest BCUT2D eigenvalue weighted by atomic mass is 79.9. The van der Waals surface area contributed by atoms with Crippen molar-refractivity contribution < 1.29 is 8.78 Å². The van der Waals surface area contributed by atoms with Crippen LogP contribution in [0.3, 0.4) is 0 Å². The molecule has 1 unspecified atom stereocenters. The van der Waals surface area contributed by atoms with Gasteiger partial charge in [0, 0.05) is 4.47 Å². The molecule has 0 spiro atoms. The number of nitrogens with one attached hydrogen (secondary N) is 1. The smallest absolute Gasteiger partial charge is 0.124 e. The first kappa shape index (κ1) is 15.1. The Morgan fingerprint density at radius 3 is 2.35 bits per heavy atom. The number of halogens is 3. The summed E-state index contributed by atoms with van der Waals surface area (Å²) in [5.41, 5.74) is 2.75. The van der Waals surface area contributed by atoms with Crippen LogP contribution in [0.2, 0.25) is 0 Å². The standard InChI is InChI=1S/C16H16BrF2N/c1-3-20-16(13-7-6-12(19)9-15(13)17)14-8-11(18)5-4-10(14)2/h4-9,16,20H,3H2,1-2H3. The molecule has 0 radical (unpaired) electrons. The first-order chi connectivity index (χ1) is 9.52. The van der Waals surface area contributed by atoms with Crippen LogP contribution < -0.4 is 5.32 Å². The van der Waals surface area contributed by atoms with Gasteiger partial charge in [-0.05, 0) is 54.4 Å². The van der Waals surface area contributed by atoms with Crippen LogP contribution in [0.25, 0.3) is 0 Å². The summed E-state index contributed by atoms with van der Waals surface area (Å²) in [6.45, 7) is 4.65. The van der Waals surface area contributed by atoms with Crippen molar-refractivity contribution >= 4 is 15.9 Å². The highest BCUT2D eigenvalue weighted by molar-refractivity contribution is 9.10. The first-order valence-electron chi connectivity index (χ1n) is 6.47. The first-order valence-corrected chi connectivity index (χ1v) is 7.26. The minimum absolute atomic E-state index is 0.175. The van der Waals surface area contributed by atoms with E-state index in [2.05, 4.69) is 21.2 Å². The number of hydrogen-bond donors (Lipinski definition) is 1. The third-order valence-corrected chi connectivity index (χ3v) is 3.92. The van der Waals surface area contributed by atoms with Gasteiger partial charge in [-0.25, -0.2) is 8.78 Å². The molecule has 0 bridgehead atoms. The number of benzene rings is 2. The normalized spacial score (nSPS) is 12.4. The summed E-state index contributed by atoms with van der Waals surface area (Å²) >= 11 is 3.38. The minimum atomic E-state index is -0.299. The Morgan fingerprint density at radius 2 is 1.70 bits per heavy atom. The summed E-state index contributed by atoms with van der Waals surface area (Å²) < 4.78 is 27.4. The fourth-order valence-corrected chi connectivity index (χ4v) is 2.83. The largest absolute Gasteiger partial charge is 0.306 e. The van der Waals surface area contributed by atoms with Gasteiger partial charge in [0.25, 0.3) is 0 Å². The molecular formula is C16H16BrF2N. The Bertz CT molecular complexity index is 613. The molecule has 4 heteroatoms. The van der Waals surface area contributed by atoms with Gasteiger partial charge in [-0.3, -0.25) is 0 Å². The molecule has 0 fully saturated rings. The lowest BCUT2D eigenvalue weighted by atomic mass is 9.95. The Hall–Kier alpha value is -1.26. The zero-order chi connectivity index (χ0) is 14.7. The second-order valence-corrected chi connectivity index (χ2v) is 5.51. The summed E-state index contributed by atoms with van der Waals surface area (Å²) in [6.07, 6.45) is 0. The highest BCUT2D eigenvalue weighted by Crippen LogP contribution is 2.31. The van der Waals surface area contributed by atoms with Gasteiger partial charge in [0.1, 0.15) is 11.6 Å². The van der Waals surface area contributed by atoms with Crippen LogP contribution in [0.4, 0.5) is 8.78 Å². The van der Waals surface area contributed by atoms with Crippen molar-refractivity contribution in [3.8, 4) is 0 Å². The van der Waals surface area contributed by atoms with E-state index in [1.54, 1.807) is 12.1 Å². The summed E-state index contributed by atoms with van der Waals surface area (Å²) in [5, 5.41) is 3.32. The molecule has 0 aromatic heterocycles. The van der Waals surface area contributed by atoms with Crippen LogP contribution >= 0.6 is 15.9 Å². The van der Waals surface area contributed by atoms with Crippen LogP contribution in [0.15, 0.2) is 40.9 Å². The number of aryl methyl sites for hydroxylation is 1. The molecular weight excluding hydrogens is 324 g/mol. The van der Waals surface area contributed by atoms with Crippen LogP contribution in [-0.2, 0) is 0 Å². The summed E-state index contributed by atoms with van der Waals surface area (Å²) in [6, 6.07) is 9.11. The maximum Gasteiger partial charge on any atom is 0.124 e. The topological polar surface area (TPSA) is 12.0 Å². The third kappa shape index (κ3) is 3.25. The lowest BCUT2D eigenvalue weighted by Gasteiger charge is -2.22. The minimum Gasteiger partial charge on any atom is -0.306 e. The molecule has 0 saturated heterocycles. The van der Waals surface area contributed by atoms with Crippen LogP contribution in [-0.4, -0.2) is 6.54 Å². The fourth-order valence-electron chi connectivity index (χ4n) is 2.25. The van der Waals surface area contributed by atoms with Crippen molar-refractivity contribution in [3.05, 3.63) is 69.2 Å². The van der Waals surface area contributed by atoms with Gasteiger partial charge in [0.05, 0.1) is 6.04 Å². The predicted octanol–water partition coefficient (Wildman–Crippen LogP) is 4.73. The van der Waals surface area contributed by atoms with E-state index in [1.807, 2.05) is 13.8 Å². The molecule has 1 N–H and O–H groups in total. The predicted molar refractivity (Wildman–Crippen MR) is 80.8 cm³/mol. The summed E-state index contributed by atoms with van der Waals surface area (Å²) in [5.74, 6) is -0.571. The Labute approximate surface area is 126 Å². The van der Waals surface area contributed by atoms with E-state index in [-0.39, 0.29) is 17.7 Å². The van der Waals surface area contributed by atoms with E-state index in [0.717, 1.165) is 23.2 Å². The molecule has 2 aromatic rings. The number of rotatable bonds is 4. The molecule has 0 heterocycles. The molecule has 2 rings (SSSR count). The van der Waals surface area contributed by atoms with Gasteiger partial charge in [0.2, 0.25) is 0 Å². The molecule has 0 aliphatic heterocycles. The molecule has 1 atom stereocenters. The average Bonchev–Trinajstić information content (AvgIpc) is 2.40. The molecule has 1 nitrogen and oxygen atoms in total. The van der Waals surface area contributed by atoms with Gasteiger partial charge >= 0.3 is 0 Å². The van der Waals surface area contributed by atoms with E-state index in [9.17, 15) is 8.78 Å².